The van der Waals surface area contributed by atoms with Crippen LogP contribution in [0, 0.1) is 0 Å². The fourth-order valence-corrected chi connectivity index (χ4v) is 5.37. The van der Waals surface area contributed by atoms with Crippen molar-refractivity contribution >= 4 is 5.69 Å². The van der Waals surface area contributed by atoms with E-state index in [4.69, 9.17) is 9.47 Å². The number of methoxy groups -OCH3 is 2. The Hall–Kier alpha value is -3.02. The second kappa shape index (κ2) is 13.5. The molecule has 0 aromatic heterocycles. The van der Waals surface area contributed by atoms with E-state index in [2.05, 4.69) is 65.7 Å². The lowest BCUT2D eigenvalue weighted by atomic mass is 9.79. The fourth-order valence-electron chi connectivity index (χ4n) is 5.37. The standard InChI is InChI=1S/C32H42N2O3/c1-4-34(23-25-8-6-24(7-9-25)16-18-33-17-5-19-36-2)32-22-30(37-3)14-15-31(32)28-11-10-27-21-29(35)13-12-26(27)20-28/h6-9,12-15,21-22,28,33,35H,4-5,10-11,16-20,23H2,1-3H3. The van der Waals surface area contributed by atoms with Gasteiger partial charge in [-0.25, -0.2) is 0 Å². The second-order valence-corrected chi connectivity index (χ2v) is 9.99. The van der Waals surface area contributed by atoms with Crippen molar-refractivity contribution in [1.29, 1.82) is 0 Å². The molecule has 37 heavy (non-hydrogen) atoms. The number of rotatable bonds is 13. The highest BCUT2D eigenvalue weighted by Gasteiger charge is 2.24. The maximum absolute atomic E-state index is 9.89. The number of aromatic hydroxyl groups is 1. The molecule has 3 aromatic rings. The number of aryl methyl sites for hydroxylation is 1. The van der Waals surface area contributed by atoms with Gasteiger partial charge in [-0.15, -0.1) is 0 Å². The molecule has 0 aliphatic heterocycles. The minimum atomic E-state index is 0.365. The Morgan fingerprint density at radius 2 is 1.76 bits per heavy atom. The van der Waals surface area contributed by atoms with Crippen LogP contribution in [0.15, 0.2) is 60.7 Å². The zero-order valence-corrected chi connectivity index (χ0v) is 22.6. The average molecular weight is 503 g/mol. The molecule has 0 radical (unpaired) electrons. The zero-order valence-electron chi connectivity index (χ0n) is 22.6. The maximum atomic E-state index is 9.89. The number of phenolic OH excluding ortho intramolecular Hbond substituents is 1. The lowest BCUT2D eigenvalue weighted by Crippen LogP contribution is -2.25. The number of benzene rings is 3. The predicted octanol–water partition coefficient (Wildman–Crippen LogP) is 5.87. The molecule has 0 spiro atoms. The zero-order chi connectivity index (χ0) is 26.0. The number of ether oxygens (including phenoxy) is 2. The molecule has 2 N–H and O–H groups in total. The molecule has 0 saturated heterocycles. The van der Waals surface area contributed by atoms with Crippen LogP contribution < -0.4 is 15.0 Å². The summed E-state index contributed by atoms with van der Waals surface area (Å²) in [6, 6.07) is 21.5. The maximum Gasteiger partial charge on any atom is 0.120 e. The molecule has 1 aliphatic rings. The first-order valence-corrected chi connectivity index (χ1v) is 13.6. The van der Waals surface area contributed by atoms with E-state index < -0.39 is 0 Å². The topological polar surface area (TPSA) is 54.0 Å². The SMILES string of the molecule is CCN(Cc1ccc(CCNCCCOC)cc1)c1cc(OC)ccc1C1CCc2cc(O)ccc2C1. The van der Waals surface area contributed by atoms with Crippen molar-refractivity contribution in [3.05, 3.63) is 88.5 Å². The van der Waals surface area contributed by atoms with Crippen LogP contribution in [0.3, 0.4) is 0 Å². The van der Waals surface area contributed by atoms with Crippen LogP contribution in [-0.4, -0.2) is 45.6 Å². The summed E-state index contributed by atoms with van der Waals surface area (Å²) in [4.78, 5) is 2.47. The summed E-state index contributed by atoms with van der Waals surface area (Å²) < 4.78 is 10.7. The Bertz CT molecular complexity index is 1130. The van der Waals surface area contributed by atoms with Gasteiger partial charge in [-0.1, -0.05) is 36.4 Å². The molecule has 198 valence electrons. The summed E-state index contributed by atoms with van der Waals surface area (Å²) in [5.41, 5.74) is 7.96. The van der Waals surface area contributed by atoms with E-state index in [1.165, 1.54) is 33.5 Å². The lowest BCUT2D eigenvalue weighted by Gasteiger charge is -2.32. The minimum absolute atomic E-state index is 0.365. The van der Waals surface area contributed by atoms with Crippen LogP contribution in [0.25, 0.3) is 0 Å². The van der Waals surface area contributed by atoms with Crippen LogP contribution in [0.2, 0.25) is 0 Å². The molecule has 1 aliphatic carbocycles. The third-order valence-electron chi connectivity index (χ3n) is 7.51. The quantitative estimate of drug-likeness (QED) is 0.286. The molecular weight excluding hydrogens is 460 g/mol. The molecule has 0 heterocycles. The molecule has 1 unspecified atom stereocenters. The van der Waals surface area contributed by atoms with Gasteiger partial charge < -0.3 is 24.8 Å². The highest BCUT2D eigenvalue weighted by Crippen LogP contribution is 2.40. The van der Waals surface area contributed by atoms with E-state index in [9.17, 15) is 5.11 Å². The highest BCUT2D eigenvalue weighted by molar-refractivity contribution is 5.60. The third-order valence-corrected chi connectivity index (χ3v) is 7.51. The Kier molecular flexibility index (Phi) is 9.86. The third kappa shape index (κ3) is 7.27. The average Bonchev–Trinajstić information content (AvgIpc) is 2.93. The van der Waals surface area contributed by atoms with Gasteiger partial charge in [0.25, 0.3) is 0 Å². The van der Waals surface area contributed by atoms with Gasteiger partial charge in [0, 0.05) is 38.6 Å². The second-order valence-electron chi connectivity index (χ2n) is 9.99. The van der Waals surface area contributed by atoms with Crippen LogP contribution >= 0.6 is 0 Å². The predicted molar refractivity (Wildman–Crippen MR) is 152 cm³/mol. The Labute approximate surface area is 222 Å². The van der Waals surface area contributed by atoms with Crippen molar-refractivity contribution in [3.8, 4) is 11.5 Å². The number of anilines is 1. The van der Waals surface area contributed by atoms with Crippen LogP contribution in [-0.2, 0) is 30.5 Å². The van der Waals surface area contributed by atoms with Gasteiger partial charge in [0.1, 0.15) is 11.5 Å². The van der Waals surface area contributed by atoms with Crippen LogP contribution in [0.1, 0.15) is 53.5 Å². The van der Waals surface area contributed by atoms with E-state index in [1.54, 1.807) is 14.2 Å². The van der Waals surface area contributed by atoms with Gasteiger partial charge in [-0.3, -0.25) is 0 Å². The number of nitrogens with one attached hydrogen (secondary N) is 1. The van der Waals surface area contributed by atoms with E-state index in [-0.39, 0.29) is 0 Å². The molecule has 3 aromatic carbocycles. The van der Waals surface area contributed by atoms with Crippen molar-refractivity contribution in [3.63, 3.8) is 0 Å². The summed E-state index contributed by atoms with van der Waals surface area (Å²) in [5.74, 6) is 1.71. The van der Waals surface area contributed by atoms with Gasteiger partial charge >= 0.3 is 0 Å². The number of hydrogen-bond acceptors (Lipinski definition) is 5. The summed E-state index contributed by atoms with van der Waals surface area (Å²) in [6.07, 6.45) is 5.16. The molecule has 0 amide bonds. The largest absolute Gasteiger partial charge is 0.508 e. The molecule has 0 bridgehead atoms. The fraction of sp³-hybridized carbons (Fsp3) is 0.438. The normalized spacial score (nSPS) is 14.8. The van der Waals surface area contributed by atoms with Gasteiger partial charge in [0.2, 0.25) is 0 Å². The van der Waals surface area contributed by atoms with Gasteiger partial charge in [0.05, 0.1) is 7.11 Å². The van der Waals surface area contributed by atoms with Crippen LogP contribution in [0.5, 0.6) is 11.5 Å². The molecule has 4 rings (SSSR count). The Morgan fingerprint density at radius 3 is 2.51 bits per heavy atom. The van der Waals surface area contributed by atoms with Gasteiger partial charge in [0.15, 0.2) is 0 Å². The minimum Gasteiger partial charge on any atom is -0.508 e. The first kappa shape index (κ1) is 27.0. The summed E-state index contributed by atoms with van der Waals surface area (Å²) in [6.45, 7) is 6.81. The molecular formula is C32H42N2O3. The van der Waals surface area contributed by atoms with Crippen LogP contribution in [0.4, 0.5) is 5.69 Å². The Morgan fingerprint density at radius 1 is 0.946 bits per heavy atom. The molecule has 0 saturated carbocycles. The van der Waals surface area contributed by atoms with Gasteiger partial charge in [-0.2, -0.15) is 0 Å². The van der Waals surface area contributed by atoms with Crippen molar-refractivity contribution < 1.29 is 14.6 Å². The van der Waals surface area contributed by atoms with Crippen molar-refractivity contribution in [2.75, 3.05) is 45.4 Å². The number of hydrogen-bond donors (Lipinski definition) is 2. The lowest BCUT2D eigenvalue weighted by molar-refractivity contribution is 0.194. The molecule has 0 fully saturated rings. The van der Waals surface area contributed by atoms with Crippen molar-refractivity contribution in [2.45, 2.75) is 51.5 Å². The highest BCUT2D eigenvalue weighted by atomic mass is 16.5. The van der Waals surface area contributed by atoms with Crippen molar-refractivity contribution in [1.82, 2.24) is 5.32 Å². The van der Waals surface area contributed by atoms with E-state index >= 15 is 0 Å². The number of phenols is 1. The molecule has 1 atom stereocenters. The summed E-state index contributed by atoms with van der Waals surface area (Å²) >= 11 is 0. The first-order chi connectivity index (χ1) is 18.1. The van der Waals surface area contributed by atoms with Gasteiger partial charge in [-0.05, 0) is 104 Å². The summed E-state index contributed by atoms with van der Waals surface area (Å²) in [5, 5.41) is 13.4. The summed E-state index contributed by atoms with van der Waals surface area (Å²) in [7, 11) is 3.49. The number of nitrogens with zero attached hydrogens (tertiary/aromatic N) is 1. The molecule has 5 nitrogen and oxygen atoms in total. The smallest absolute Gasteiger partial charge is 0.120 e. The number of fused-ring (bicyclic) bond motifs is 1. The first-order valence-electron chi connectivity index (χ1n) is 13.6. The molecule has 5 heteroatoms. The van der Waals surface area contributed by atoms with E-state index in [0.717, 1.165) is 70.6 Å². The van der Waals surface area contributed by atoms with E-state index in [1.807, 2.05) is 12.1 Å². The van der Waals surface area contributed by atoms with E-state index in [0.29, 0.717) is 11.7 Å². The monoisotopic (exact) mass is 502 g/mol. The Balaban J connectivity index is 1.46. The van der Waals surface area contributed by atoms with Crippen molar-refractivity contribution in [2.24, 2.45) is 0 Å².